The number of carboxylic acid groups (broad SMARTS) is 1. The van der Waals surface area contributed by atoms with E-state index in [2.05, 4.69) is 4.98 Å². The monoisotopic (exact) mass is 273 g/mol. The predicted octanol–water partition coefficient (Wildman–Crippen LogP) is 1.30. The van der Waals surface area contributed by atoms with Crippen LogP contribution in [0.4, 0.5) is 0 Å². The molecule has 0 saturated carbocycles. The molecule has 0 saturated heterocycles. The lowest BCUT2D eigenvalue weighted by atomic mass is 10.1. The number of aliphatic carboxylic acids is 1. The van der Waals surface area contributed by atoms with Gasteiger partial charge >= 0.3 is 5.97 Å². The molecule has 0 unspecified atom stereocenters. The fourth-order valence-electron chi connectivity index (χ4n) is 1.92. The van der Waals surface area contributed by atoms with Crippen molar-refractivity contribution < 1.29 is 14.7 Å². The summed E-state index contributed by atoms with van der Waals surface area (Å²) < 4.78 is 0. The van der Waals surface area contributed by atoms with E-state index in [0.29, 0.717) is 0 Å². The molecule has 1 aromatic carbocycles. The van der Waals surface area contributed by atoms with Crippen molar-refractivity contribution in [3.63, 3.8) is 0 Å². The molecule has 104 valence electrons. The molecular weight excluding hydrogens is 258 g/mol. The number of fused-ring (bicyclic) bond motifs is 1. The molecule has 0 aliphatic carbocycles. The van der Waals surface area contributed by atoms with Gasteiger partial charge < -0.3 is 5.11 Å². The highest BCUT2D eigenvalue weighted by Crippen LogP contribution is 2.17. The number of nitrogens with zero attached hydrogens (tertiary/aromatic N) is 2. The minimum absolute atomic E-state index is 0.102. The Bertz CT molecular complexity index is 637. The first kappa shape index (κ1) is 14.0. The third-order valence-electron chi connectivity index (χ3n) is 2.95. The molecule has 6 heteroatoms. The Hall–Kier alpha value is -2.47. The van der Waals surface area contributed by atoms with Gasteiger partial charge in [0.2, 0.25) is 5.91 Å². The second kappa shape index (κ2) is 6.12. The molecule has 2 rings (SSSR count). The number of hydrogen-bond acceptors (Lipinski definition) is 4. The first-order valence-corrected chi connectivity index (χ1v) is 6.17. The molecular formula is C14H15N3O3. The van der Waals surface area contributed by atoms with Gasteiger partial charge in [0.1, 0.15) is 0 Å². The van der Waals surface area contributed by atoms with Crippen LogP contribution in [-0.4, -0.2) is 27.0 Å². The molecule has 1 heterocycles. The van der Waals surface area contributed by atoms with Crippen molar-refractivity contribution in [2.45, 2.75) is 19.4 Å². The number of hydrazine groups is 1. The van der Waals surface area contributed by atoms with Gasteiger partial charge in [0, 0.05) is 18.0 Å². The number of nitrogens with two attached hydrogens (primary N) is 1. The summed E-state index contributed by atoms with van der Waals surface area (Å²) >= 11 is 0. The maximum atomic E-state index is 11.7. The van der Waals surface area contributed by atoms with Crippen molar-refractivity contribution in [3.8, 4) is 0 Å². The Balaban J connectivity index is 2.11. The zero-order valence-electron chi connectivity index (χ0n) is 10.8. The van der Waals surface area contributed by atoms with Crippen LogP contribution in [0.5, 0.6) is 0 Å². The largest absolute Gasteiger partial charge is 0.481 e. The Labute approximate surface area is 115 Å². The molecule has 0 spiro atoms. The summed E-state index contributed by atoms with van der Waals surface area (Å²) in [6.45, 7) is 0.224. The number of pyridine rings is 1. The number of carboxylic acids is 1. The van der Waals surface area contributed by atoms with E-state index in [0.717, 1.165) is 21.5 Å². The van der Waals surface area contributed by atoms with E-state index in [1.54, 1.807) is 12.3 Å². The molecule has 0 aliphatic rings. The number of carbonyl (C=O) groups is 2. The number of rotatable bonds is 5. The van der Waals surface area contributed by atoms with E-state index in [1.165, 1.54) is 0 Å². The number of benzene rings is 1. The summed E-state index contributed by atoms with van der Waals surface area (Å²) in [7, 11) is 0. The maximum Gasteiger partial charge on any atom is 0.303 e. The van der Waals surface area contributed by atoms with Gasteiger partial charge in [0.25, 0.3) is 0 Å². The summed E-state index contributed by atoms with van der Waals surface area (Å²) in [6.07, 6.45) is 1.34. The van der Waals surface area contributed by atoms with Crippen molar-refractivity contribution in [3.05, 3.63) is 42.1 Å². The van der Waals surface area contributed by atoms with Crippen molar-refractivity contribution in [1.29, 1.82) is 0 Å². The number of carbonyl (C=O) groups excluding carboxylic acids is 1. The normalized spacial score (nSPS) is 10.4. The smallest absolute Gasteiger partial charge is 0.303 e. The van der Waals surface area contributed by atoms with Gasteiger partial charge in [-0.2, -0.15) is 0 Å². The molecule has 3 N–H and O–H groups in total. The summed E-state index contributed by atoms with van der Waals surface area (Å²) in [4.78, 5) is 26.4. The second-order valence-electron chi connectivity index (χ2n) is 4.40. The number of para-hydroxylation sites is 1. The standard InChI is InChI=1S/C14H15N3O3/c15-17(13(18)5-6-14(19)20)9-10-7-8-16-12-4-2-1-3-11(10)12/h1-4,7-8H,5-6,9,15H2,(H,19,20). The second-order valence-corrected chi connectivity index (χ2v) is 4.40. The predicted molar refractivity (Wildman–Crippen MR) is 73.4 cm³/mol. The van der Waals surface area contributed by atoms with Gasteiger partial charge in [-0.05, 0) is 17.7 Å². The van der Waals surface area contributed by atoms with Crippen molar-refractivity contribution in [1.82, 2.24) is 9.99 Å². The van der Waals surface area contributed by atoms with Gasteiger partial charge in [-0.25, -0.2) is 5.84 Å². The van der Waals surface area contributed by atoms with Crippen molar-refractivity contribution in [2.75, 3.05) is 0 Å². The van der Waals surface area contributed by atoms with E-state index in [1.807, 2.05) is 24.3 Å². The van der Waals surface area contributed by atoms with Gasteiger partial charge in [-0.15, -0.1) is 0 Å². The maximum absolute atomic E-state index is 11.7. The lowest BCUT2D eigenvalue weighted by Crippen LogP contribution is -2.36. The topological polar surface area (TPSA) is 96.5 Å². The number of aromatic nitrogens is 1. The van der Waals surface area contributed by atoms with Gasteiger partial charge in [-0.3, -0.25) is 19.6 Å². The molecule has 20 heavy (non-hydrogen) atoms. The molecule has 0 fully saturated rings. The zero-order valence-corrected chi connectivity index (χ0v) is 10.8. The molecule has 2 aromatic rings. The lowest BCUT2D eigenvalue weighted by molar-refractivity contribution is -0.141. The SMILES string of the molecule is NN(Cc1ccnc2ccccc12)C(=O)CCC(=O)O. The Morgan fingerprint density at radius 3 is 2.70 bits per heavy atom. The summed E-state index contributed by atoms with van der Waals surface area (Å²) in [5.74, 6) is 4.29. The van der Waals surface area contributed by atoms with Crippen LogP contribution in [0.15, 0.2) is 36.5 Å². The summed E-state index contributed by atoms with van der Waals surface area (Å²) in [6, 6.07) is 9.36. The van der Waals surface area contributed by atoms with Crippen LogP contribution in [-0.2, 0) is 16.1 Å². The van der Waals surface area contributed by atoms with Crippen LogP contribution >= 0.6 is 0 Å². The highest BCUT2D eigenvalue weighted by molar-refractivity contribution is 5.83. The molecule has 1 amide bonds. The Kier molecular flexibility index (Phi) is 4.27. The van der Waals surface area contributed by atoms with Crippen LogP contribution in [0, 0.1) is 0 Å². The van der Waals surface area contributed by atoms with E-state index in [-0.39, 0.29) is 19.4 Å². The first-order valence-electron chi connectivity index (χ1n) is 6.17. The molecule has 6 nitrogen and oxygen atoms in total. The third kappa shape index (κ3) is 3.30. The van der Waals surface area contributed by atoms with Crippen LogP contribution in [0.25, 0.3) is 10.9 Å². The Morgan fingerprint density at radius 2 is 1.95 bits per heavy atom. The fourth-order valence-corrected chi connectivity index (χ4v) is 1.92. The average molecular weight is 273 g/mol. The van der Waals surface area contributed by atoms with E-state index in [9.17, 15) is 9.59 Å². The zero-order chi connectivity index (χ0) is 14.5. The molecule has 0 radical (unpaired) electrons. The van der Waals surface area contributed by atoms with Crippen LogP contribution < -0.4 is 5.84 Å². The highest BCUT2D eigenvalue weighted by atomic mass is 16.4. The number of amides is 1. The van der Waals surface area contributed by atoms with Crippen LogP contribution in [0.3, 0.4) is 0 Å². The minimum atomic E-state index is -1.01. The lowest BCUT2D eigenvalue weighted by Gasteiger charge is -2.17. The van der Waals surface area contributed by atoms with Crippen molar-refractivity contribution >= 4 is 22.8 Å². The minimum Gasteiger partial charge on any atom is -0.481 e. The van der Waals surface area contributed by atoms with Crippen LogP contribution in [0.2, 0.25) is 0 Å². The third-order valence-corrected chi connectivity index (χ3v) is 2.95. The molecule has 0 aliphatic heterocycles. The number of hydrogen-bond donors (Lipinski definition) is 2. The van der Waals surface area contributed by atoms with E-state index < -0.39 is 11.9 Å². The van der Waals surface area contributed by atoms with E-state index in [4.69, 9.17) is 10.9 Å². The van der Waals surface area contributed by atoms with Gasteiger partial charge in [0.05, 0.1) is 18.5 Å². The van der Waals surface area contributed by atoms with E-state index >= 15 is 0 Å². The van der Waals surface area contributed by atoms with Gasteiger partial charge in [-0.1, -0.05) is 18.2 Å². The molecule has 0 bridgehead atoms. The van der Waals surface area contributed by atoms with Gasteiger partial charge in [0.15, 0.2) is 0 Å². The summed E-state index contributed by atoms with van der Waals surface area (Å²) in [5.41, 5.74) is 1.71. The molecule has 1 aromatic heterocycles. The fraction of sp³-hybridized carbons (Fsp3) is 0.214. The quantitative estimate of drug-likeness (QED) is 0.486. The Morgan fingerprint density at radius 1 is 1.20 bits per heavy atom. The van der Waals surface area contributed by atoms with Crippen LogP contribution in [0.1, 0.15) is 18.4 Å². The average Bonchev–Trinajstić information content (AvgIpc) is 2.45. The van der Waals surface area contributed by atoms with Crippen molar-refractivity contribution in [2.24, 2.45) is 5.84 Å². The first-order chi connectivity index (χ1) is 9.58. The highest BCUT2D eigenvalue weighted by Gasteiger charge is 2.13. The molecule has 0 atom stereocenters. The summed E-state index contributed by atoms with van der Waals surface area (Å²) in [5, 5.41) is 10.5.